The van der Waals surface area contributed by atoms with Gasteiger partial charge in [0.25, 0.3) is 0 Å². The van der Waals surface area contributed by atoms with E-state index in [-0.39, 0.29) is 18.5 Å². The van der Waals surface area contributed by atoms with Gasteiger partial charge in [-0.15, -0.1) is 0 Å². The van der Waals surface area contributed by atoms with Gasteiger partial charge in [-0.2, -0.15) is 5.10 Å². The first kappa shape index (κ1) is 20.8. The van der Waals surface area contributed by atoms with Crippen LogP contribution in [0.15, 0.2) is 66.9 Å². The second-order valence-corrected chi connectivity index (χ2v) is 8.28. The van der Waals surface area contributed by atoms with Crippen LogP contribution in [0.25, 0.3) is 22.2 Å². The Balaban J connectivity index is 1.54. The predicted octanol–water partition coefficient (Wildman–Crippen LogP) is 5.41. The molecule has 2 aromatic carbocycles. The molecule has 0 bridgehead atoms. The zero-order chi connectivity index (χ0) is 22.0. The van der Waals surface area contributed by atoms with Crippen molar-refractivity contribution in [2.75, 3.05) is 0 Å². The number of hydrogen-bond acceptors (Lipinski definition) is 3. The average molecular weight is 413 g/mol. The van der Waals surface area contributed by atoms with Crippen molar-refractivity contribution < 1.29 is 4.79 Å². The molecule has 0 aliphatic heterocycles. The lowest BCUT2D eigenvalue weighted by Crippen LogP contribution is -2.30. The lowest BCUT2D eigenvalue weighted by Gasteiger charge is -2.15. The van der Waals surface area contributed by atoms with Crippen molar-refractivity contribution in [3.8, 4) is 11.1 Å². The zero-order valence-corrected chi connectivity index (χ0v) is 18.5. The van der Waals surface area contributed by atoms with Gasteiger partial charge in [0.15, 0.2) is 5.65 Å². The van der Waals surface area contributed by atoms with E-state index in [4.69, 9.17) is 0 Å². The van der Waals surface area contributed by atoms with E-state index in [1.165, 1.54) is 5.56 Å². The average Bonchev–Trinajstić information content (AvgIpc) is 3.09. The standard InChI is InChI=1S/C26H28N4O/c1-17(2)20-10-12-21(13-11-20)18(3)28-24(31)16-30-26-25(19(4)29-30)23(14-15-27-26)22-8-6-5-7-9-22/h5-15,17-18H,16H2,1-4H3,(H,28,31). The molecule has 1 atom stereocenters. The van der Waals surface area contributed by atoms with Gasteiger partial charge in [-0.3, -0.25) is 4.79 Å². The Morgan fingerprint density at radius 3 is 2.32 bits per heavy atom. The molecule has 0 aliphatic carbocycles. The molecule has 4 rings (SSSR count). The summed E-state index contributed by atoms with van der Waals surface area (Å²) >= 11 is 0. The van der Waals surface area contributed by atoms with E-state index in [0.29, 0.717) is 5.92 Å². The van der Waals surface area contributed by atoms with Crippen molar-refractivity contribution in [2.24, 2.45) is 0 Å². The van der Waals surface area contributed by atoms with Gasteiger partial charge in [0.05, 0.1) is 11.7 Å². The second-order valence-electron chi connectivity index (χ2n) is 8.28. The van der Waals surface area contributed by atoms with E-state index in [9.17, 15) is 4.79 Å². The molecule has 1 amide bonds. The Bertz CT molecular complexity index is 1190. The summed E-state index contributed by atoms with van der Waals surface area (Å²) in [6.45, 7) is 8.44. The lowest BCUT2D eigenvalue weighted by atomic mass is 9.99. The SMILES string of the molecule is Cc1nn(CC(=O)NC(C)c2ccc(C(C)C)cc2)c2nccc(-c3ccccc3)c12. The van der Waals surface area contributed by atoms with Gasteiger partial charge in [0, 0.05) is 11.6 Å². The summed E-state index contributed by atoms with van der Waals surface area (Å²) in [5, 5.41) is 8.69. The lowest BCUT2D eigenvalue weighted by molar-refractivity contribution is -0.122. The summed E-state index contributed by atoms with van der Waals surface area (Å²) in [5.41, 5.74) is 6.16. The van der Waals surface area contributed by atoms with Crippen LogP contribution < -0.4 is 5.32 Å². The molecule has 5 heteroatoms. The van der Waals surface area contributed by atoms with Crippen molar-refractivity contribution in [3.63, 3.8) is 0 Å². The molecule has 4 aromatic rings. The number of hydrogen-bond donors (Lipinski definition) is 1. The largest absolute Gasteiger partial charge is 0.348 e. The topological polar surface area (TPSA) is 59.8 Å². The first-order valence-corrected chi connectivity index (χ1v) is 10.7. The van der Waals surface area contributed by atoms with Gasteiger partial charge in [-0.25, -0.2) is 9.67 Å². The Hall–Kier alpha value is -3.47. The highest BCUT2D eigenvalue weighted by atomic mass is 16.2. The molecule has 2 aromatic heterocycles. The minimum atomic E-state index is -0.0863. The number of benzene rings is 2. The number of pyridine rings is 1. The molecule has 5 nitrogen and oxygen atoms in total. The van der Waals surface area contributed by atoms with Crippen LogP contribution in [0.4, 0.5) is 0 Å². The van der Waals surface area contributed by atoms with E-state index >= 15 is 0 Å². The van der Waals surface area contributed by atoms with Crippen molar-refractivity contribution in [3.05, 3.63) is 83.7 Å². The molecule has 2 heterocycles. The molecule has 0 fully saturated rings. The smallest absolute Gasteiger partial charge is 0.242 e. The fourth-order valence-electron chi connectivity index (χ4n) is 3.93. The minimum absolute atomic E-state index is 0.0792. The van der Waals surface area contributed by atoms with Gasteiger partial charge in [0.2, 0.25) is 5.91 Å². The van der Waals surface area contributed by atoms with E-state index < -0.39 is 0 Å². The van der Waals surface area contributed by atoms with E-state index in [1.54, 1.807) is 10.9 Å². The Kier molecular flexibility index (Phi) is 5.85. The summed E-state index contributed by atoms with van der Waals surface area (Å²) in [6.07, 6.45) is 1.78. The third-order valence-corrected chi connectivity index (χ3v) is 5.67. The second kappa shape index (κ2) is 8.72. The van der Waals surface area contributed by atoms with Crippen molar-refractivity contribution in [1.29, 1.82) is 0 Å². The van der Waals surface area contributed by atoms with Gasteiger partial charge in [-0.1, -0.05) is 68.4 Å². The van der Waals surface area contributed by atoms with Crippen LogP contribution in [0.1, 0.15) is 49.6 Å². The summed E-state index contributed by atoms with van der Waals surface area (Å²) in [6, 6.07) is 20.5. The molecular weight excluding hydrogens is 384 g/mol. The van der Waals surface area contributed by atoms with Gasteiger partial charge >= 0.3 is 0 Å². The van der Waals surface area contributed by atoms with Crippen LogP contribution in [0.5, 0.6) is 0 Å². The Morgan fingerprint density at radius 1 is 0.968 bits per heavy atom. The number of aromatic nitrogens is 3. The first-order chi connectivity index (χ1) is 14.9. The molecule has 0 spiro atoms. The zero-order valence-electron chi connectivity index (χ0n) is 18.5. The predicted molar refractivity (Wildman–Crippen MR) is 125 cm³/mol. The van der Waals surface area contributed by atoms with E-state index in [0.717, 1.165) is 33.4 Å². The number of carbonyl (C=O) groups is 1. The first-order valence-electron chi connectivity index (χ1n) is 10.7. The maximum absolute atomic E-state index is 12.8. The van der Waals surface area contributed by atoms with Crippen LogP contribution >= 0.6 is 0 Å². The molecule has 0 aliphatic rings. The Labute approximate surface area is 183 Å². The van der Waals surface area contributed by atoms with Crippen molar-refractivity contribution in [1.82, 2.24) is 20.1 Å². The highest BCUT2D eigenvalue weighted by Crippen LogP contribution is 2.29. The van der Waals surface area contributed by atoms with Crippen LogP contribution in [0, 0.1) is 6.92 Å². The van der Waals surface area contributed by atoms with Crippen LogP contribution in [-0.2, 0) is 11.3 Å². The monoisotopic (exact) mass is 412 g/mol. The summed E-state index contributed by atoms with van der Waals surface area (Å²) in [7, 11) is 0. The van der Waals surface area contributed by atoms with Crippen molar-refractivity contribution in [2.45, 2.75) is 46.2 Å². The third-order valence-electron chi connectivity index (χ3n) is 5.67. The highest BCUT2D eigenvalue weighted by Gasteiger charge is 2.17. The number of nitrogens with one attached hydrogen (secondary N) is 1. The normalized spacial score (nSPS) is 12.3. The molecule has 158 valence electrons. The number of fused-ring (bicyclic) bond motifs is 1. The van der Waals surface area contributed by atoms with Crippen LogP contribution in [0.2, 0.25) is 0 Å². The van der Waals surface area contributed by atoms with Crippen LogP contribution in [-0.4, -0.2) is 20.7 Å². The van der Waals surface area contributed by atoms with Crippen LogP contribution in [0.3, 0.4) is 0 Å². The fraction of sp³-hybridized carbons (Fsp3) is 0.269. The van der Waals surface area contributed by atoms with Crippen molar-refractivity contribution >= 4 is 16.9 Å². The Morgan fingerprint density at radius 2 is 1.65 bits per heavy atom. The van der Waals surface area contributed by atoms with Gasteiger partial charge in [-0.05, 0) is 48.1 Å². The fourth-order valence-corrected chi connectivity index (χ4v) is 3.93. The molecule has 1 unspecified atom stereocenters. The number of amides is 1. The molecule has 0 radical (unpaired) electrons. The number of rotatable bonds is 6. The number of aryl methyl sites for hydroxylation is 1. The molecule has 31 heavy (non-hydrogen) atoms. The third kappa shape index (κ3) is 4.36. The number of nitrogens with zero attached hydrogens (tertiary/aromatic N) is 3. The molecular formula is C26H28N4O. The van der Waals surface area contributed by atoms with E-state index in [2.05, 4.69) is 65.6 Å². The summed E-state index contributed by atoms with van der Waals surface area (Å²) in [5.74, 6) is 0.403. The van der Waals surface area contributed by atoms with Gasteiger partial charge < -0.3 is 5.32 Å². The minimum Gasteiger partial charge on any atom is -0.348 e. The molecule has 0 saturated heterocycles. The maximum atomic E-state index is 12.8. The number of carbonyl (C=O) groups excluding carboxylic acids is 1. The van der Waals surface area contributed by atoms with E-state index in [1.807, 2.05) is 38.1 Å². The highest BCUT2D eigenvalue weighted by molar-refractivity contribution is 5.95. The molecule has 1 N–H and O–H groups in total. The molecule has 0 saturated carbocycles. The quantitative estimate of drug-likeness (QED) is 0.461. The van der Waals surface area contributed by atoms with Gasteiger partial charge in [0.1, 0.15) is 6.54 Å². The summed E-state index contributed by atoms with van der Waals surface area (Å²) in [4.78, 5) is 17.3. The maximum Gasteiger partial charge on any atom is 0.242 e. The summed E-state index contributed by atoms with van der Waals surface area (Å²) < 4.78 is 1.70.